The van der Waals surface area contributed by atoms with E-state index in [1.54, 1.807) is 29.2 Å². The van der Waals surface area contributed by atoms with Gasteiger partial charge in [0.25, 0.3) is 5.91 Å². The van der Waals surface area contributed by atoms with Crippen LogP contribution in [0.4, 0.5) is 10.8 Å². The van der Waals surface area contributed by atoms with Crippen LogP contribution in [0.2, 0.25) is 0 Å². The Balaban J connectivity index is 1.32. The predicted molar refractivity (Wildman–Crippen MR) is 130 cm³/mol. The first kappa shape index (κ1) is 22.7. The maximum atomic E-state index is 12.6. The van der Waals surface area contributed by atoms with E-state index in [4.69, 9.17) is 0 Å². The average Bonchev–Trinajstić information content (AvgIpc) is 3.45. The highest BCUT2D eigenvalue weighted by atomic mass is 32.1. The van der Waals surface area contributed by atoms with Gasteiger partial charge in [-0.25, -0.2) is 4.98 Å². The molecular weight excluding hydrogens is 436 g/mol. The molecule has 0 radical (unpaired) electrons. The summed E-state index contributed by atoms with van der Waals surface area (Å²) in [5.74, 6) is -0.750. The topological polar surface area (TPSA) is 91.4 Å². The summed E-state index contributed by atoms with van der Waals surface area (Å²) in [6.07, 6.45) is 2.20. The monoisotopic (exact) mass is 462 g/mol. The minimum Gasteiger partial charge on any atom is -0.342 e. The van der Waals surface area contributed by atoms with Crippen molar-refractivity contribution >= 4 is 39.9 Å². The molecule has 2 aromatic carbocycles. The summed E-state index contributed by atoms with van der Waals surface area (Å²) in [4.78, 5) is 43.5. The molecule has 1 saturated heterocycles. The molecule has 0 saturated carbocycles. The first-order valence-electron chi connectivity index (χ1n) is 11.0. The smallest absolute Gasteiger partial charge is 0.257 e. The highest BCUT2D eigenvalue weighted by molar-refractivity contribution is 7.14. The number of rotatable bonds is 8. The first-order valence-corrected chi connectivity index (χ1v) is 11.9. The van der Waals surface area contributed by atoms with Crippen LogP contribution in [0.1, 0.15) is 36.5 Å². The molecule has 0 bridgehead atoms. The van der Waals surface area contributed by atoms with E-state index in [9.17, 15) is 14.4 Å². The molecule has 33 heavy (non-hydrogen) atoms. The van der Waals surface area contributed by atoms with Crippen LogP contribution in [0, 0.1) is 5.92 Å². The second kappa shape index (κ2) is 10.4. The summed E-state index contributed by atoms with van der Waals surface area (Å²) >= 11 is 1.37. The number of nitrogens with zero attached hydrogens (tertiary/aromatic N) is 2. The van der Waals surface area contributed by atoms with Crippen molar-refractivity contribution in [3.8, 4) is 11.3 Å². The first-order chi connectivity index (χ1) is 16.0. The number of likely N-dealkylation sites (tertiary alicyclic amines) is 1. The zero-order valence-electron chi connectivity index (χ0n) is 18.4. The van der Waals surface area contributed by atoms with Crippen molar-refractivity contribution in [2.75, 3.05) is 23.7 Å². The van der Waals surface area contributed by atoms with Gasteiger partial charge in [0.05, 0.1) is 11.6 Å². The van der Waals surface area contributed by atoms with E-state index in [1.807, 2.05) is 35.7 Å². The summed E-state index contributed by atoms with van der Waals surface area (Å²) in [6, 6.07) is 16.5. The number of nitrogens with one attached hydrogen (secondary N) is 2. The van der Waals surface area contributed by atoms with Crippen LogP contribution in [-0.2, 0) is 9.59 Å². The lowest BCUT2D eigenvalue weighted by molar-refractivity contribution is -0.128. The fourth-order valence-corrected chi connectivity index (χ4v) is 4.42. The van der Waals surface area contributed by atoms with Gasteiger partial charge in [-0.05, 0) is 30.7 Å². The maximum Gasteiger partial charge on any atom is 0.257 e. The van der Waals surface area contributed by atoms with Gasteiger partial charge < -0.3 is 10.2 Å². The number of anilines is 2. The lowest BCUT2D eigenvalue weighted by Crippen LogP contribution is -2.29. The van der Waals surface area contributed by atoms with Crippen LogP contribution in [0.15, 0.2) is 60.0 Å². The standard InChI is InChI=1S/C25H26N4O3S/c1-2-3-13-29-15-19(14-22(29)30)24(32)26-20-11-9-18(10-12-20)23(31)28-25-27-21(16-33-25)17-7-5-4-6-8-17/h4-12,16,19H,2-3,13-15H2,1H3,(H,26,32)(H,27,28,31). The number of unbranched alkanes of at least 4 members (excludes halogenated alkanes) is 1. The Morgan fingerprint density at radius 2 is 1.85 bits per heavy atom. The second-order valence-electron chi connectivity index (χ2n) is 8.02. The fourth-order valence-electron chi connectivity index (χ4n) is 3.70. The molecule has 1 aliphatic rings. The number of hydrogen-bond donors (Lipinski definition) is 2. The molecule has 3 amide bonds. The van der Waals surface area contributed by atoms with Gasteiger partial charge in [-0.3, -0.25) is 19.7 Å². The Kier molecular flexibility index (Phi) is 7.14. The number of carbonyl (C=O) groups is 3. The van der Waals surface area contributed by atoms with Gasteiger partial charge in [0.15, 0.2) is 5.13 Å². The molecule has 170 valence electrons. The summed E-state index contributed by atoms with van der Waals surface area (Å²) in [6.45, 7) is 3.24. The van der Waals surface area contributed by atoms with Crippen molar-refractivity contribution in [1.82, 2.24) is 9.88 Å². The Hall–Kier alpha value is -3.52. The summed E-state index contributed by atoms with van der Waals surface area (Å²) < 4.78 is 0. The Morgan fingerprint density at radius 1 is 1.09 bits per heavy atom. The number of thiazole rings is 1. The van der Waals surface area contributed by atoms with Crippen molar-refractivity contribution < 1.29 is 14.4 Å². The number of benzene rings is 2. The minimum absolute atomic E-state index is 0.0354. The molecule has 8 heteroatoms. The number of carbonyl (C=O) groups excluding carboxylic acids is 3. The number of amides is 3. The van der Waals surface area contributed by atoms with Gasteiger partial charge in [-0.2, -0.15) is 0 Å². The summed E-state index contributed by atoms with van der Waals surface area (Å²) in [5.41, 5.74) is 2.86. The van der Waals surface area contributed by atoms with Crippen LogP contribution >= 0.6 is 11.3 Å². The van der Waals surface area contributed by atoms with Gasteiger partial charge in [0.2, 0.25) is 11.8 Å². The number of aromatic nitrogens is 1. The number of hydrogen-bond acceptors (Lipinski definition) is 5. The molecule has 0 aliphatic carbocycles. The third-order valence-electron chi connectivity index (χ3n) is 5.58. The van der Waals surface area contributed by atoms with Gasteiger partial charge in [-0.1, -0.05) is 43.7 Å². The van der Waals surface area contributed by atoms with Crippen LogP contribution in [0.5, 0.6) is 0 Å². The van der Waals surface area contributed by atoms with E-state index in [0.717, 1.165) is 24.1 Å². The predicted octanol–water partition coefficient (Wildman–Crippen LogP) is 4.65. The second-order valence-corrected chi connectivity index (χ2v) is 8.88. The Bertz CT molecular complexity index is 1130. The van der Waals surface area contributed by atoms with Crippen molar-refractivity contribution in [2.24, 2.45) is 5.92 Å². The van der Waals surface area contributed by atoms with E-state index in [-0.39, 0.29) is 30.1 Å². The van der Waals surface area contributed by atoms with Crippen LogP contribution < -0.4 is 10.6 Å². The van der Waals surface area contributed by atoms with E-state index in [1.165, 1.54) is 11.3 Å². The molecule has 3 aromatic rings. The molecular formula is C25H26N4O3S. The quantitative estimate of drug-likeness (QED) is 0.510. The van der Waals surface area contributed by atoms with Crippen molar-refractivity contribution in [3.05, 3.63) is 65.5 Å². The van der Waals surface area contributed by atoms with Gasteiger partial charge in [-0.15, -0.1) is 11.3 Å². The third-order valence-corrected chi connectivity index (χ3v) is 6.33. The lowest BCUT2D eigenvalue weighted by Gasteiger charge is -2.16. The van der Waals surface area contributed by atoms with Gasteiger partial charge in [0, 0.05) is 41.7 Å². The van der Waals surface area contributed by atoms with Crippen LogP contribution in [0.25, 0.3) is 11.3 Å². The fraction of sp³-hybridized carbons (Fsp3) is 0.280. The average molecular weight is 463 g/mol. The minimum atomic E-state index is -0.346. The largest absolute Gasteiger partial charge is 0.342 e. The lowest BCUT2D eigenvalue weighted by atomic mass is 10.1. The SMILES string of the molecule is CCCCN1CC(C(=O)Nc2ccc(C(=O)Nc3nc(-c4ccccc4)cs3)cc2)CC1=O. The van der Waals surface area contributed by atoms with E-state index in [2.05, 4.69) is 22.5 Å². The molecule has 2 N–H and O–H groups in total. The molecule has 2 heterocycles. The van der Waals surface area contributed by atoms with Gasteiger partial charge >= 0.3 is 0 Å². The molecule has 0 spiro atoms. The molecule has 1 aliphatic heterocycles. The molecule has 1 atom stereocenters. The zero-order chi connectivity index (χ0) is 23.2. The third kappa shape index (κ3) is 5.64. The molecule has 1 unspecified atom stereocenters. The van der Waals surface area contributed by atoms with Crippen molar-refractivity contribution in [3.63, 3.8) is 0 Å². The molecule has 7 nitrogen and oxygen atoms in total. The summed E-state index contributed by atoms with van der Waals surface area (Å²) in [5, 5.41) is 8.10. The van der Waals surface area contributed by atoms with E-state index < -0.39 is 0 Å². The van der Waals surface area contributed by atoms with Crippen molar-refractivity contribution in [2.45, 2.75) is 26.2 Å². The zero-order valence-corrected chi connectivity index (χ0v) is 19.2. The highest BCUT2D eigenvalue weighted by Gasteiger charge is 2.33. The Labute approximate surface area is 196 Å². The van der Waals surface area contributed by atoms with E-state index >= 15 is 0 Å². The van der Waals surface area contributed by atoms with Crippen LogP contribution in [0.3, 0.4) is 0 Å². The molecule has 1 aromatic heterocycles. The normalized spacial score (nSPS) is 15.5. The maximum absolute atomic E-state index is 12.6. The van der Waals surface area contributed by atoms with E-state index in [0.29, 0.717) is 29.5 Å². The van der Waals surface area contributed by atoms with Crippen LogP contribution in [-0.4, -0.2) is 40.7 Å². The van der Waals surface area contributed by atoms with Gasteiger partial charge in [0.1, 0.15) is 0 Å². The van der Waals surface area contributed by atoms with Crippen molar-refractivity contribution in [1.29, 1.82) is 0 Å². The highest BCUT2D eigenvalue weighted by Crippen LogP contribution is 2.25. The Morgan fingerprint density at radius 3 is 2.58 bits per heavy atom. The molecule has 4 rings (SSSR count). The summed E-state index contributed by atoms with van der Waals surface area (Å²) in [7, 11) is 0. The molecule has 1 fully saturated rings.